The molecule has 0 radical (unpaired) electrons. The molecule has 0 amide bonds. The number of para-hydroxylation sites is 2. The number of fused-ring (bicyclic) bond motifs is 6. The van der Waals surface area contributed by atoms with Gasteiger partial charge in [0.2, 0.25) is 11.9 Å². The average Bonchev–Trinajstić information content (AvgIpc) is 4.05. The van der Waals surface area contributed by atoms with E-state index in [1.165, 1.54) is 64.4 Å². The summed E-state index contributed by atoms with van der Waals surface area (Å²) in [5, 5.41) is 0. The first-order valence-corrected chi connectivity index (χ1v) is 19.6. The van der Waals surface area contributed by atoms with Crippen LogP contribution in [-0.2, 0) is 7.05 Å². The van der Waals surface area contributed by atoms with E-state index in [-0.39, 0.29) is 62.8 Å². The molecule has 0 bridgehead atoms. The smallest absolute Gasteiger partial charge is 0.330 e. The van der Waals surface area contributed by atoms with E-state index in [2.05, 4.69) is 34.9 Å². The number of halogens is 4. The van der Waals surface area contributed by atoms with Crippen molar-refractivity contribution < 1.29 is 27.0 Å². The zero-order chi connectivity index (χ0) is 43.1. The second kappa shape index (κ2) is 16.2. The van der Waals surface area contributed by atoms with Crippen molar-refractivity contribution in [2.75, 3.05) is 13.2 Å². The van der Waals surface area contributed by atoms with Crippen LogP contribution in [0.5, 0.6) is 11.5 Å². The molecule has 0 spiro atoms. The minimum atomic E-state index is -0.475. The third kappa shape index (κ3) is 6.84. The summed E-state index contributed by atoms with van der Waals surface area (Å²) in [6.07, 6.45) is 7.00. The molecule has 2 atom stereocenters. The van der Waals surface area contributed by atoms with Gasteiger partial charge in [0.05, 0.1) is 59.8 Å². The summed E-state index contributed by atoms with van der Waals surface area (Å²) in [5.74, 6) is -0.979. The van der Waals surface area contributed by atoms with Crippen molar-refractivity contribution in [3.05, 3.63) is 153 Å². The molecule has 20 heteroatoms. The molecule has 65 heavy (non-hydrogen) atoms. The van der Waals surface area contributed by atoms with Crippen molar-refractivity contribution in [2.24, 2.45) is 7.05 Å². The SMILES string of the molecule is C.C.Cn1c(=O)n([C@@H]2CCOc3c(F)cccc32)c2nc(-n3cnc4ccc(F)cc43)ncc21.O=c1[nH]c2cnc(-n3cnc4ccc(F)cc43)nc2n1[C@@H]1CCOc2c(F)cccc21. The van der Waals surface area contributed by atoms with E-state index >= 15 is 0 Å². The van der Waals surface area contributed by atoms with E-state index in [9.17, 15) is 27.2 Å². The molecule has 0 saturated heterocycles. The number of ether oxygens (including phenoxy) is 2. The standard InChI is InChI=1S/C22H16F2N6O2.C21H14F2N6O2.2CH4/c1-28-18-10-25-21(29-11-26-15-6-5-12(23)9-17(15)29)27-20(18)30(22(28)31)16-7-8-32-19-13(16)3-2-4-14(19)24;22-11-4-5-14-17(8-11)28(10-25-14)20-24-9-15-19(27-20)29(21(30)26-15)16-6-7-31-18-12(16)2-1-3-13(18)23;;/h2-6,9-11,16H,7-8H2,1H3;1-5,8-10,16H,6-7H2,(H,26,30);2*1H4/t2*16-;;/m11../s1. The lowest BCUT2D eigenvalue weighted by atomic mass is 10.00. The van der Waals surface area contributed by atoms with Gasteiger partial charge in [-0.2, -0.15) is 9.97 Å². The minimum Gasteiger partial charge on any atom is -0.490 e. The molecule has 12 rings (SSSR count). The van der Waals surface area contributed by atoms with Crippen LogP contribution in [0.4, 0.5) is 17.6 Å². The van der Waals surface area contributed by atoms with E-state index in [1.807, 2.05) is 0 Å². The maximum atomic E-state index is 14.3. The molecule has 8 heterocycles. The average molecular weight is 887 g/mol. The van der Waals surface area contributed by atoms with Crippen LogP contribution < -0.4 is 20.9 Å². The van der Waals surface area contributed by atoms with Crippen LogP contribution in [0.2, 0.25) is 0 Å². The Kier molecular flexibility index (Phi) is 10.5. The summed E-state index contributed by atoms with van der Waals surface area (Å²) < 4.78 is 74.8. The normalized spacial score (nSPS) is 15.3. The summed E-state index contributed by atoms with van der Waals surface area (Å²) in [6.45, 7) is 0.534. The maximum Gasteiger partial charge on any atom is 0.330 e. The van der Waals surface area contributed by atoms with Gasteiger partial charge >= 0.3 is 11.4 Å². The second-order valence-corrected chi connectivity index (χ2v) is 14.9. The van der Waals surface area contributed by atoms with Gasteiger partial charge in [-0.3, -0.25) is 22.8 Å². The van der Waals surface area contributed by atoms with E-state index < -0.39 is 35.4 Å². The highest BCUT2D eigenvalue weighted by atomic mass is 19.1. The number of imidazole rings is 4. The van der Waals surface area contributed by atoms with Gasteiger partial charge in [-0.1, -0.05) is 39.1 Å². The molecule has 4 aromatic carbocycles. The van der Waals surface area contributed by atoms with Crippen molar-refractivity contribution >= 4 is 44.4 Å². The second-order valence-electron chi connectivity index (χ2n) is 14.9. The number of aryl methyl sites for hydroxylation is 1. The number of aromatic amines is 1. The lowest BCUT2D eigenvalue weighted by molar-refractivity contribution is 0.243. The Labute approximate surface area is 365 Å². The van der Waals surface area contributed by atoms with Crippen molar-refractivity contribution in [2.45, 2.75) is 39.8 Å². The number of benzene rings is 4. The Morgan fingerprint density at radius 3 is 1.72 bits per heavy atom. The maximum absolute atomic E-state index is 14.3. The quantitative estimate of drug-likeness (QED) is 0.175. The van der Waals surface area contributed by atoms with Gasteiger partial charge in [-0.15, -0.1) is 0 Å². The first kappa shape index (κ1) is 42.2. The summed E-state index contributed by atoms with van der Waals surface area (Å²) in [6, 6.07) is 16.9. The van der Waals surface area contributed by atoms with Crippen LogP contribution in [0, 0.1) is 23.3 Å². The highest BCUT2D eigenvalue weighted by Crippen LogP contribution is 2.38. The van der Waals surface area contributed by atoms with Crippen molar-refractivity contribution in [1.82, 2.24) is 57.7 Å². The van der Waals surface area contributed by atoms with Crippen molar-refractivity contribution in [3.8, 4) is 23.4 Å². The van der Waals surface area contributed by atoms with E-state index in [1.54, 1.807) is 63.3 Å². The fourth-order valence-corrected chi connectivity index (χ4v) is 8.39. The largest absolute Gasteiger partial charge is 0.490 e. The Morgan fingerprint density at radius 1 is 0.631 bits per heavy atom. The molecule has 16 nitrogen and oxygen atoms in total. The van der Waals surface area contributed by atoms with Gasteiger partial charge in [0.25, 0.3) is 0 Å². The molecule has 0 aliphatic carbocycles. The third-order valence-corrected chi connectivity index (χ3v) is 11.3. The zero-order valence-corrected chi connectivity index (χ0v) is 32.8. The summed E-state index contributed by atoms with van der Waals surface area (Å²) in [4.78, 5) is 55.2. The van der Waals surface area contributed by atoms with Crippen LogP contribution >= 0.6 is 0 Å². The predicted octanol–water partition coefficient (Wildman–Crippen LogP) is 7.50. The molecule has 0 saturated carbocycles. The summed E-state index contributed by atoms with van der Waals surface area (Å²) in [5.41, 5.74) is 4.38. The lowest BCUT2D eigenvalue weighted by Crippen LogP contribution is -2.30. The number of hydrogen-bond acceptors (Lipinski definition) is 10. The molecule has 1 N–H and O–H groups in total. The van der Waals surface area contributed by atoms with Crippen LogP contribution in [0.1, 0.15) is 50.9 Å². The van der Waals surface area contributed by atoms with Crippen molar-refractivity contribution in [3.63, 3.8) is 0 Å². The summed E-state index contributed by atoms with van der Waals surface area (Å²) >= 11 is 0. The zero-order valence-electron chi connectivity index (χ0n) is 32.8. The Bertz CT molecular complexity index is 3590. The molecule has 10 aromatic rings. The Balaban J connectivity index is 0.000000159. The highest BCUT2D eigenvalue weighted by Gasteiger charge is 2.31. The molecule has 6 aromatic heterocycles. The van der Waals surface area contributed by atoms with E-state index in [4.69, 9.17) is 9.47 Å². The van der Waals surface area contributed by atoms with Crippen molar-refractivity contribution in [1.29, 1.82) is 0 Å². The van der Waals surface area contributed by atoms with Crippen LogP contribution in [0.3, 0.4) is 0 Å². The first-order valence-electron chi connectivity index (χ1n) is 19.6. The minimum absolute atomic E-state index is 0. The molecule has 330 valence electrons. The predicted molar refractivity (Wildman–Crippen MR) is 233 cm³/mol. The number of aromatic nitrogens is 12. The van der Waals surface area contributed by atoms with Crippen LogP contribution in [-0.4, -0.2) is 70.9 Å². The van der Waals surface area contributed by atoms with Crippen LogP contribution in [0.25, 0.3) is 56.3 Å². The van der Waals surface area contributed by atoms with Gasteiger partial charge in [0.1, 0.15) is 35.3 Å². The molecule has 0 fully saturated rings. The fraction of sp³-hybridized carbons (Fsp3) is 0.200. The topological polar surface area (TPSA) is 170 Å². The van der Waals surface area contributed by atoms with Gasteiger partial charge in [0, 0.05) is 43.1 Å². The molecular weight excluding hydrogens is 849 g/mol. The van der Waals surface area contributed by atoms with Gasteiger partial charge in [0.15, 0.2) is 34.4 Å². The Morgan fingerprint density at radius 2 is 1.15 bits per heavy atom. The first-order chi connectivity index (χ1) is 30.6. The molecule has 0 unspecified atom stereocenters. The number of H-pyrrole nitrogens is 1. The molecule has 2 aliphatic rings. The fourth-order valence-electron chi connectivity index (χ4n) is 8.39. The Hall–Kier alpha value is -8.16. The molecular formula is C45H38F4N12O4. The monoisotopic (exact) mass is 886 g/mol. The number of hydrogen-bond donors (Lipinski definition) is 1. The molecule has 2 aliphatic heterocycles. The highest BCUT2D eigenvalue weighted by molar-refractivity contribution is 5.79. The van der Waals surface area contributed by atoms with Gasteiger partial charge in [-0.05, 0) is 36.4 Å². The summed E-state index contributed by atoms with van der Waals surface area (Å²) in [7, 11) is 1.64. The lowest BCUT2D eigenvalue weighted by Gasteiger charge is -2.26. The van der Waals surface area contributed by atoms with E-state index in [0.29, 0.717) is 68.4 Å². The number of nitrogens with zero attached hydrogens (tertiary/aromatic N) is 11. The third-order valence-electron chi connectivity index (χ3n) is 11.3. The number of nitrogens with one attached hydrogen (secondary N) is 1. The number of rotatable bonds is 4. The van der Waals surface area contributed by atoms with Crippen LogP contribution in [0.15, 0.2) is 107 Å². The van der Waals surface area contributed by atoms with E-state index in [0.717, 1.165) is 0 Å². The van der Waals surface area contributed by atoms with Gasteiger partial charge in [-0.25, -0.2) is 47.1 Å². The van der Waals surface area contributed by atoms with Gasteiger partial charge < -0.3 is 14.5 Å².